The van der Waals surface area contributed by atoms with Crippen molar-refractivity contribution in [3.63, 3.8) is 0 Å². The van der Waals surface area contributed by atoms with Gasteiger partial charge in [-0.1, -0.05) is 0 Å². The molecule has 1 aromatic heterocycles. The molecule has 1 aromatic rings. The van der Waals surface area contributed by atoms with Crippen LogP contribution in [0.25, 0.3) is 0 Å². The summed E-state index contributed by atoms with van der Waals surface area (Å²) in [6.45, 7) is 5.58. The van der Waals surface area contributed by atoms with Gasteiger partial charge in [-0.05, 0) is 4.90 Å². The Kier molecular flexibility index (Phi) is 10.4. The molecule has 18 nitrogen and oxygen atoms in total. The third-order valence-electron chi connectivity index (χ3n) is 5.91. The van der Waals surface area contributed by atoms with E-state index in [1.54, 1.807) is 0 Å². The highest BCUT2D eigenvalue weighted by Crippen LogP contribution is 2.40. The van der Waals surface area contributed by atoms with Crippen molar-refractivity contribution in [2.75, 3.05) is 13.2 Å². The van der Waals surface area contributed by atoms with E-state index in [0.29, 0.717) is 0 Å². The molecule has 232 valence electrons. The number of carbonyl (C=O) groups is 6. The first-order valence-corrected chi connectivity index (χ1v) is 12.6. The lowest BCUT2D eigenvalue weighted by Crippen LogP contribution is -2.57. The van der Waals surface area contributed by atoms with Crippen molar-refractivity contribution in [1.82, 2.24) is 5.16 Å². The van der Waals surface area contributed by atoms with Gasteiger partial charge in [-0.2, -0.15) is 0 Å². The summed E-state index contributed by atoms with van der Waals surface area (Å²) in [6, 6.07) is 0. The van der Waals surface area contributed by atoms with Crippen LogP contribution >= 0.6 is 0 Å². The minimum atomic E-state index is -1.59. The fraction of sp³-hybridized carbons (Fsp3) is 0.667. The van der Waals surface area contributed by atoms with E-state index in [1.165, 1.54) is 0 Å². The normalized spacial score (nSPS) is 29.0. The zero-order valence-electron chi connectivity index (χ0n) is 23.5. The molecule has 2 fully saturated rings. The van der Waals surface area contributed by atoms with Gasteiger partial charge >= 0.3 is 35.8 Å². The van der Waals surface area contributed by atoms with Gasteiger partial charge in [0.1, 0.15) is 0 Å². The summed E-state index contributed by atoms with van der Waals surface area (Å²) in [5, 5.41) is 16.7. The molecule has 42 heavy (non-hydrogen) atoms. The molecular formula is C24H30N2O16. The maximum Gasteiger partial charge on any atom is 0.303 e. The van der Waals surface area contributed by atoms with Crippen molar-refractivity contribution in [2.24, 2.45) is 0 Å². The van der Waals surface area contributed by atoms with Gasteiger partial charge in [-0.3, -0.25) is 33.4 Å². The van der Waals surface area contributed by atoms with E-state index in [1.807, 2.05) is 0 Å². The van der Waals surface area contributed by atoms with E-state index < -0.39 is 104 Å². The summed E-state index contributed by atoms with van der Waals surface area (Å²) >= 11 is 0. The predicted octanol–water partition coefficient (Wildman–Crippen LogP) is -0.959. The van der Waals surface area contributed by atoms with Gasteiger partial charge in [0.2, 0.25) is 5.69 Å². The zero-order chi connectivity index (χ0) is 31.3. The number of aromatic nitrogens is 2. The lowest BCUT2D eigenvalue weighted by atomic mass is 9.91. The Balaban J connectivity index is 2.11. The monoisotopic (exact) mass is 602 g/mol. The standard InChI is InChI=1S/C24H30N2O16/c1-9(27)36-15-7-34-21(23(40-13(5)31)19(15)38-11(3)29)17-18(26(33)42-25-17)22-24(41-14(6)32)20(39-12(4)30)16(8-35-22)37-10(2)28/h15-16,19-24H,7-8H2,1-6H3/t15-,16-,19+,20+,21+,22+,23-,24-/m1/s1. The number of hydrogen-bond acceptors (Lipinski definition) is 17. The predicted molar refractivity (Wildman–Crippen MR) is 126 cm³/mol. The van der Waals surface area contributed by atoms with Gasteiger partial charge in [0.05, 0.1) is 13.2 Å². The van der Waals surface area contributed by atoms with E-state index >= 15 is 0 Å². The second kappa shape index (κ2) is 13.6. The fourth-order valence-electron chi connectivity index (χ4n) is 4.66. The van der Waals surface area contributed by atoms with Crippen molar-refractivity contribution >= 4 is 35.8 Å². The van der Waals surface area contributed by atoms with Crippen molar-refractivity contribution in [1.29, 1.82) is 0 Å². The average molecular weight is 603 g/mol. The number of rotatable bonds is 8. The van der Waals surface area contributed by atoms with E-state index in [9.17, 15) is 34.0 Å². The van der Waals surface area contributed by atoms with E-state index in [0.717, 1.165) is 41.5 Å². The topological polar surface area (TPSA) is 229 Å². The second-order valence-corrected chi connectivity index (χ2v) is 9.30. The molecule has 0 spiro atoms. The number of nitrogens with zero attached hydrogens (tertiary/aromatic N) is 2. The first-order chi connectivity index (χ1) is 19.7. The van der Waals surface area contributed by atoms with Crippen LogP contribution in [0, 0.1) is 5.21 Å². The number of hydrogen-bond donors (Lipinski definition) is 0. The summed E-state index contributed by atoms with van der Waals surface area (Å²) in [6.07, 6.45) is -11.5. The Morgan fingerprint density at radius 3 is 1.38 bits per heavy atom. The summed E-state index contributed by atoms with van der Waals surface area (Å²) in [4.78, 5) is 71.3. The van der Waals surface area contributed by atoms with E-state index in [4.69, 9.17) is 42.5 Å². The molecule has 0 amide bonds. The summed E-state index contributed by atoms with van der Waals surface area (Å²) in [7, 11) is 0. The molecule has 3 heterocycles. The summed E-state index contributed by atoms with van der Waals surface area (Å²) in [5.74, 6) is -4.90. The smallest absolute Gasteiger partial charge is 0.303 e. The first kappa shape index (κ1) is 32.2. The number of ether oxygens (including phenoxy) is 8. The minimum Gasteiger partial charge on any atom is -0.456 e. The van der Waals surface area contributed by atoms with Crippen LogP contribution in [0.1, 0.15) is 65.1 Å². The minimum absolute atomic E-state index is 0.0966. The zero-order valence-corrected chi connectivity index (χ0v) is 23.5. The number of esters is 6. The van der Waals surface area contributed by atoms with Crippen LogP contribution < -0.4 is 4.90 Å². The van der Waals surface area contributed by atoms with Gasteiger partial charge in [0, 0.05) is 46.7 Å². The van der Waals surface area contributed by atoms with Gasteiger partial charge < -0.3 is 43.1 Å². The highest BCUT2D eigenvalue weighted by Gasteiger charge is 2.56. The molecular weight excluding hydrogens is 572 g/mol. The van der Waals surface area contributed by atoms with Crippen molar-refractivity contribution in [2.45, 2.75) is 90.4 Å². The quantitative estimate of drug-likeness (QED) is 0.198. The first-order valence-electron chi connectivity index (χ1n) is 12.6. The second-order valence-electron chi connectivity index (χ2n) is 9.30. The van der Waals surface area contributed by atoms with Crippen LogP contribution in [-0.2, 0) is 66.7 Å². The Morgan fingerprint density at radius 2 is 0.976 bits per heavy atom. The summed E-state index contributed by atoms with van der Waals surface area (Å²) < 4.78 is 48.1. The Hall–Kier alpha value is -4.32. The van der Waals surface area contributed by atoms with Crippen molar-refractivity contribution in [3.8, 4) is 0 Å². The molecule has 0 bridgehead atoms. The van der Waals surface area contributed by atoms with Gasteiger partial charge in [0.25, 0.3) is 5.69 Å². The van der Waals surface area contributed by atoms with Crippen LogP contribution in [0.15, 0.2) is 4.63 Å². The fourth-order valence-corrected chi connectivity index (χ4v) is 4.66. The number of carbonyl (C=O) groups excluding carboxylic acids is 6. The van der Waals surface area contributed by atoms with Gasteiger partial charge in [-0.25, -0.2) is 0 Å². The van der Waals surface area contributed by atoms with Crippen molar-refractivity contribution < 1.29 is 76.2 Å². The van der Waals surface area contributed by atoms with Crippen LogP contribution in [0.2, 0.25) is 0 Å². The molecule has 0 radical (unpaired) electrons. The molecule has 3 rings (SSSR count). The SMILES string of the molecule is CC(=O)O[C@@H]1[C@@H](OC(C)=O)[C@H](c2no[n+]([O-])c2[C@@H]2OC[C@@H](OC(C)=O)[C@H](OC(C)=O)[C@H]2OC(C)=O)OC[C@H]1OC(C)=O. The molecule has 2 aliphatic heterocycles. The highest BCUT2D eigenvalue weighted by molar-refractivity contribution is 5.69. The molecule has 18 heteroatoms. The molecule has 8 atom stereocenters. The lowest BCUT2D eigenvalue weighted by molar-refractivity contribution is -0.810. The molecule has 0 unspecified atom stereocenters. The van der Waals surface area contributed by atoms with Crippen molar-refractivity contribution in [3.05, 3.63) is 16.6 Å². The van der Waals surface area contributed by atoms with Crippen LogP contribution in [0.4, 0.5) is 0 Å². The molecule has 0 aromatic carbocycles. The van der Waals surface area contributed by atoms with Crippen LogP contribution in [0.3, 0.4) is 0 Å². The molecule has 0 N–H and O–H groups in total. The van der Waals surface area contributed by atoms with E-state index in [2.05, 4.69) is 5.16 Å². The third kappa shape index (κ3) is 7.69. The van der Waals surface area contributed by atoms with Crippen LogP contribution in [0.5, 0.6) is 0 Å². The van der Waals surface area contributed by atoms with Gasteiger partial charge in [-0.15, -0.1) is 0 Å². The largest absolute Gasteiger partial charge is 0.456 e. The molecule has 2 saturated heterocycles. The average Bonchev–Trinajstić information content (AvgIpc) is 3.22. The maximum atomic E-state index is 13.0. The maximum absolute atomic E-state index is 13.0. The molecule has 0 aliphatic carbocycles. The highest BCUT2D eigenvalue weighted by atomic mass is 16.8. The third-order valence-corrected chi connectivity index (χ3v) is 5.91. The van der Waals surface area contributed by atoms with E-state index in [-0.39, 0.29) is 10.6 Å². The van der Waals surface area contributed by atoms with Crippen LogP contribution in [-0.4, -0.2) is 90.8 Å². The molecule has 2 aliphatic rings. The molecule has 0 saturated carbocycles. The summed E-state index contributed by atoms with van der Waals surface area (Å²) in [5.41, 5.74) is -0.807. The Labute approximate surface area is 237 Å². The Morgan fingerprint density at radius 1 is 0.619 bits per heavy atom. The lowest BCUT2D eigenvalue weighted by Gasteiger charge is -2.41. The van der Waals surface area contributed by atoms with Gasteiger partial charge in [0.15, 0.2) is 48.8 Å². The Bertz CT molecular complexity index is 1210.